The molecule has 0 aliphatic carbocycles. The number of amides is 1. The van der Waals surface area contributed by atoms with E-state index in [0.717, 1.165) is 43.2 Å². The van der Waals surface area contributed by atoms with Crippen LogP contribution in [0.25, 0.3) is 0 Å². The number of rotatable bonds is 12. The Bertz CT molecular complexity index is 1090. The van der Waals surface area contributed by atoms with Crippen molar-refractivity contribution in [1.82, 2.24) is 10.6 Å². The Morgan fingerprint density at radius 1 is 1.11 bits per heavy atom. The number of hydrogen-bond donors (Lipinski definition) is 3. The van der Waals surface area contributed by atoms with E-state index in [1.165, 1.54) is 19.3 Å². The average molecular weight is 492 g/mol. The largest absolute Gasteiger partial charge is 0.494 e. The third-order valence-electron chi connectivity index (χ3n) is 6.88. The molecule has 0 aromatic heterocycles. The highest BCUT2D eigenvalue weighted by Crippen LogP contribution is 2.34. The first-order valence-electron chi connectivity index (χ1n) is 12.6. The van der Waals surface area contributed by atoms with Crippen LogP contribution in [0.1, 0.15) is 49.1 Å². The zero-order valence-corrected chi connectivity index (χ0v) is 20.3. The van der Waals surface area contributed by atoms with Gasteiger partial charge in [-0.25, -0.2) is 9.79 Å². The lowest BCUT2D eigenvalue weighted by molar-refractivity contribution is -0.141. The van der Waals surface area contributed by atoms with Crippen LogP contribution in [0.2, 0.25) is 0 Å². The Balaban J connectivity index is 1.26. The summed E-state index contributed by atoms with van der Waals surface area (Å²) in [5.74, 6) is -1.04. The van der Waals surface area contributed by atoms with Gasteiger partial charge in [-0.3, -0.25) is 4.79 Å². The molecular formula is C28H33N3O5. The molecule has 2 aromatic rings. The van der Waals surface area contributed by atoms with E-state index in [4.69, 9.17) is 4.74 Å². The van der Waals surface area contributed by atoms with Crippen molar-refractivity contribution in [3.05, 3.63) is 59.7 Å². The summed E-state index contributed by atoms with van der Waals surface area (Å²) in [6, 6.07) is 13.1. The molecule has 0 bridgehead atoms. The second kappa shape index (κ2) is 12.4. The van der Waals surface area contributed by atoms with Crippen molar-refractivity contribution in [3.8, 4) is 5.75 Å². The van der Waals surface area contributed by atoms with E-state index in [0.29, 0.717) is 24.1 Å². The van der Waals surface area contributed by atoms with Crippen LogP contribution in [0, 0.1) is 5.92 Å². The van der Waals surface area contributed by atoms with Crippen LogP contribution in [0.4, 0.5) is 5.69 Å². The first-order chi connectivity index (χ1) is 17.5. The van der Waals surface area contributed by atoms with Gasteiger partial charge in [0.25, 0.3) is 5.91 Å². The topological polar surface area (TPSA) is 117 Å². The van der Waals surface area contributed by atoms with E-state index in [9.17, 15) is 19.5 Å². The SMILES string of the molecule is O=CC1C(C(=O)NC(Cc2ccc(OCCCCC3CCNCC3)cc2)C(=O)O)=Nc2ccccc21. The fourth-order valence-electron chi connectivity index (χ4n) is 4.81. The number of ether oxygens (including phenoxy) is 1. The highest BCUT2D eigenvalue weighted by Gasteiger charge is 2.33. The van der Waals surface area contributed by atoms with Crippen molar-refractivity contribution in [2.24, 2.45) is 10.9 Å². The minimum atomic E-state index is -1.16. The molecule has 190 valence electrons. The van der Waals surface area contributed by atoms with Crippen LogP contribution in [-0.2, 0) is 20.8 Å². The van der Waals surface area contributed by atoms with E-state index in [1.54, 1.807) is 24.3 Å². The molecule has 0 spiro atoms. The summed E-state index contributed by atoms with van der Waals surface area (Å²) in [5.41, 5.74) is 1.96. The summed E-state index contributed by atoms with van der Waals surface area (Å²) in [7, 11) is 0. The predicted octanol–water partition coefficient (Wildman–Crippen LogP) is 3.42. The highest BCUT2D eigenvalue weighted by atomic mass is 16.5. The summed E-state index contributed by atoms with van der Waals surface area (Å²) in [4.78, 5) is 40.6. The Morgan fingerprint density at radius 3 is 2.58 bits per heavy atom. The van der Waals surface area contributed by atoms with Gasteiger partial charge >= 0.3 is 5.97 Å². The number of hydrogen-bond acceptors (Lipinski definition) is 6. The second-order valence-electron chi connectivity index (χ2n) is 9.42. The molecule has 3 N–H and O–H groups in total. The van der Waals surface area contributed by atoms with Crippen molar-refractivity contribution in [1.29, 1.82) is 0 Å². The monoisotopic (exact) mass is 491 g/mol. The zero-order valence-electron chi connectivity index (χ0n) is 20.3. The molecule has 8 heteroatoms. The number of benzene rings is 2. The van der Waals surface area contributed by atoms with Gasteiger partial charge in [0, 0.05) is 6.42 Å². The number of para-hydroxylation sites is 1. The van der Waals surface area contributed by atoms with Crippen molar-refractivity contribution in [2.45, 2.75) is 50.5 Å². The quantitative estimate of drug-likeness (QED) is 0.309. The van der Waals surface area contributed by atoms with Crippen molar-refractivity contribution >= 4 is 29.6 Å². The van der Waals surface area contributed by atoms with Crippen LogP contribution in [0.5, 0.6) is 5.75 Å². The molecule has 4 rings (SSSR count). The number of nitrogens with zero attached hydrogens (tertiary/aromatic N) is 1. The summed E-state index contributed by atoms with van der Waals surface area (Å²) < 4.78 is 5.84. The number of unbranched alkanes of at least 4 members (excludes halogenated alkanes) is 1. The zero-order chi connectivity index (χ0) is 25.3. The van der Waals surface area contributed by atoms with Gasteiger partial charge in [0.15, 0.2) is 0 Å². The number of aldehydes is 1. The number of fused-ring (bicyclic) bond motifs is 1. The maximum Gasteiger partial charge on any atom is 0.326 e. The molecule has 8 nitrogen and oxygen atoms in total. The van der Waals surface area contributed by atoms with Gasteiger partial charge in [0.05, 0.1) is 18.2 Å². The lowest BCUT2D eigenvalue weighted by Crippen LogP contribution is -2.46. The summed E-state index contributed by atoms with van der Waals surface area (Å²) >= 11 is 0. The molecular weight excluding hydrogens is 458 g/mol. The molecule has 2 heterocycles. The lowest BCUT2D eigenvalue weighted by Gasteiger charge is -2.22. The number of carboxylic acid groups (broad SMARTS) is 1. The van der Waals surface area contributed by atoms with Crippen LogP contribution in [0.3, 0.4) is 0 Å². The third kappa shape index (κ3) is 6.57. The van der Waals surface area contributed by atoms with Gasteiger partial charge in [0.1, 0.15) is 23.8 Å². The molecule has 2 aliphatic rings. The van der Waals surface area contributed by atoms with Crippen molar-refractivity contribution < 1.29 is 24.2 Å². The Kier molecular flexibility index (Phi) is 8.84. The van der Waals surface area contributed by atoms with Gasteiger partial charge in [0.2, 0.25) is 0 Å². The first kappa shape index (κ1) is 25.6. The van der Waals surface area contributed by atoms with E-state index in [1.807, 2.05) is 24.3 Å². The maximum atomic E-state index is 12.8. The van der Waals surface area contributed by atoms with Gasteiger partial charge in [-0.1, -0.05) is 36.8 Å². The van der Waals surface area contributed by atoms with Crippen LogP contribution < -0.4 is 15.4 Å². The second-order valence-corrected chi connectivity index (χ2v) is 9.42. The van der Waals surface area contributed by atoms with Crippen LogP contribution in [0.15, 0.2) is 53.5 Å². The van der Waals surface area contributed by atoms with Gasteiger partial charge in [-0.15, -0.1) is 0 Å². The number of carboxylic acids is 1. The molecule has 0 saturated carbocycles. The minimum Gasteiger partial charge on any atom is -0.494 e. The van der Waals surface area contributed by atoms with E-state index < -0.39 is 23.8 Å². The standard InChI is InChI=1S/C28H33N3O5/c32-18-23-22-6-1-2-7-24(22)30-26(23)27(33)31-25(28(34)35)17-20-8-10-21(11-9-20)36-16-4-3-5-19-12-14-29-15-13-19/h1-2,6-11,18-19,23,25,29H,3-5,12-17H2,(H,31,33)(H,34,35). The summed E-state index contributed by atoms with van der Waals surface area (Å²) in [6.07, 6.45) is 6.70. The molecule has 2 unspecified atom stereocenters. The van der Waals surface area contributed by atoms with Gasteiger partial charge in [-0.2, -0.15) is 0 Å². The van der Waals surface area contributed by atoms with E-state index >= 15 is 0 Å². The lowest BCUT2D eigenvalue weighted by atomic mass is 9.93. The first-order valence-corrected chi connectivity index (χ1v) is 12.6. The summed E-state index contributed by atoms with van der Waals surface area (Å²) in [5, 5.41) is 15.6. The normalized spacial score (nSPS) is 18.1. The Morgan fingerprint density at radius 2 is 1.86 bits per heavy atom. The molecule has 1 fully saturated rings. The van der Waals surface area contributed by atoms with Crippen molar-refractivity contribution in [3.63, 3.8) is 0 Å². The predicted molar refractivity (Wildman–Crippen MR) is 137 cm³/mol. The van der Waals surface area contributed by atoms with Crippen molar-refractivity contribution in [2.75, 3.05) is 19.7 Å². The Labute approximate surface area is 211 Å². The van der Waals surface area contributed by atoms with Crippen LogP contribution in [-0.4, -0.2) is 54.7 Å². The third-order valence-corrected chi connectivity index (χ3v) is 6.88. The fraction of sp³-hybridized carbons (Fsp3) is 0.429. The molecule has 1 saturated heterocycles. The van der Waals surface area contributed by atoms with E-state index in [-0.39, 0.29) is 12.1 Å². The molecule has 36 heavy (non-hydrogen) atoms. The smallest absolute Gasteiger partial charge is 0.326 e. The summed E-state index contributed by atoms with van der Waals surface area (Å²) in [6.45, 7) is 2.91. The number of nitrogens with one attached hydrogen (secondary N) is 2. The average Bonchev–Trinajstić information content (AvgIpc) is 3.28. The van der Waals surface area contributed by atoms with E-state index in [2.05, 4.69) is 15.6 Å². The number of aliphatic carboxylic acids is 1. The molecule has 2 atom stereocenters. The number of carbonyl (C=O) groups excluding carboxylic acids is 2. The van der Waals surface area contributed by atoms with Crippen LogP contribution >= 0.6 is 0 Å². The number of piperidine rings is 1. The van der Waals surface area contributed by atoms with Gasteiger partial charge in [-0.05, 0) is 74.0 Å². The fourth-order valence-corrected chi connectivity index (χ4v) is 4.81. The number of carbonyl (C=O) groups is 3. The molecule has 2 aromatic carbocycles. The Hall–Kier alpha value is -3.52. The maximum absolute atomic E-state index is 12.8. The highest BCUT2D eigenvalue weighted by molar-refractivity contribution is 6.45. The van der Waals surface area contributed by atoms with Gasteiger partial charge < -0.3 is 25.3 Å². The number of aliphatic imine (C=N–C) groups is 1. The molecule has 1 amide bonds. The molecule has 2 aliphatic heterocycles. The molecule has 0 radical (unpaired) electrons. The minimum absolute atomic E-state index is 0.0151.